The van der Waals surface area contributed by atoms with Crippen molar-refractivity contribution in [2.45, 2.75) is 57.0 Å². The highest BCUT2D eigenvalue weighted by atomic mass is 16.6. The minimum Gasteiger partial charge on any atom is -0.493 e. The Morgan fingerprint density at radius 3 is 2.16 bits per heavy atom. The van der Waals surface area contributed by atoms with Gasteiger partial charge < -0.3 is 47.9 Å². The quantitative estimate of drug-likeness (QED) is 0.173. The number of ketones is 2. The Kier molecular flexibility index (Phi) is 11.4. The summed E-state index contributed by atoms with van der Waals surface area (Å²) in [4.78, 5) is 76.3. The molecule has 8 rings (SSSR count). The van der Waals surface area contributed by atoms with E-state index in [1.54, 1.807) is 30.3 Å². The zero-order chi connectivity index (χ0) is 44.0. The fraction of sp³-hybridized carbons (Fsp3) is 0.378. The van der Waals surface area contributed by atoms with Gasteiger partial charge in [-0.25, -0.2) is 9.69 Å². The van der Waals surface area contributed by atoms with Gasteiger partial charge in [0.2, 0.25) is 11.6 Å². The number of methoxy groups -OCH3 is 3. The van der Waals surface area contributed by atoms with Crippen molar-refractivity contribution in [3.63, 3.8) is 0 Å². The average Bonchev–Trinajstić information content (AvgIpc) is 3.92. The number of carbonyl (C=O) groups excluding carboxylic acids is 5. The molecular formula is C45H47N5O12. The van der Waals surface area contributed by atoms with Gasteiger partial charge in [0.05, 0.1) is 74.7 Å². The molecule has 1 aliphatic carbocycles. The maximum Gasteiger partial charge on any atom is 0.416 e. The minimum atomic E-state index is -1.55. The maximum atomic E-state index is 14.1. The zero-order valence-corrected chi connectivity index (χ0v) is 34.9. The van der Waals surface area contributed by atoms with E-state index in [2.05, 4.69) is 18.2 Å². The number of fused-ring (bicyclic) bond motifs is 5. The number of amides is 3. The predicted molar refractivity (Wildman–Crippen MR) is 224 cm³/mol. The highest BCUT2D eigenvalue weighted by Gasteiger charge is 2.46. The van der Waals surface area contributed by atoms with Crippen molar-refractivity contribution in [3.05, 3.63) is 94.5 Å². The van der Waals surface area contributed by atoms with Crippen LogP contribution in [0, 0.1) is 0 Å². The number of nitrogens with zero attached hydrogens (tertiary/aromatic N) is 5. The monoisotopic (exact) mass is 849 g/mol. The third-order valence-corrected chi connectivity index (χ3v) is 11.7. The van der Waals surface area contributed by atoms with Crippen LogP contribution in [0.15, 0.2) is 71.6 Å². The topological polar surface area (TPSA) is 188 Å². The normalized spacial score (nSPS) is 20.2. The molecule has 0 radical (unpaired) electrons. The van der Waals surface area contributed by atoms with Crippen molar-refractivity contribution < 1.29 is 57.5 Å². The molecule has 1 N–H and O–H groups in total. The van der Waals surface area contributed by atoms with Gasteiger partial charge >= 0.3 is 6.09 Å². The zero-order valence-electron chi connectivity index (χ0n) is 34.9. The van der Waals surface area contributed by atoms with Gasteiger partial charge in [0, 0.05) is 56.3 Å². The van der Waals surface area contributed by atoms with E-state index >= 15 is 0 Å². The predicted octanol–water partition coefficient (Wildman–Crippen LogP) is 5.31. The first kappa shape index (κ1) is 41.8. The summed E-state index contributed by atoms with van der Waals surface area (Å²) in [5, 5.41) is 11.8. The van der Waals surface area contributed by atoms with Crippen LogP contribution in [-0.4, -0.2) is 121 Å². The van der Waals surface area contributed by atoms with Gasteiger partial charge in [-0.3, -0.25) is 24.2 Å². The van der Waals surface area contributed by atoms with Crippen molar-refractivity contribution in [2.75, 3.05) is 52.5 Å². The first-order chi connectivity index (χ1) is 29.8. The number of aliphatic hydroxyl groups is 1. The van der Waals surface area contributed by atoms with E-state index in [1.807, 2.05) is 0 Å². The average molecular weight is 850 g/mol. The number of aliphatic imine (C=N–C) groups is 1. The largest absolute Gasteiger partial charge is 0.493 e. The summed E-state index contributed by atoms with van der Waals surface area (Å²) in [6.07, 6.45) is 4.74. The number of hydrogen-bond donors (Lipinski definition) is 1. The molecule has 3 atom stereocenters. The lowest BCUT2D eigenvalue weighted by Crippen LogP contribution is -2.50. The van der Waals surface area contributed by atoms with Gasteiger partial charge in [-0.05, 0) is 44.2 Å². The Morgan fingerprint density at radius 1 is 0.823 bits per heavy atom. The van der Waals surface area contributed by atoms with E-state index < -0.39 is 42.4 Å². The molecule has 2 saturated heterocycles. The summed E-state index contributed by atoms with van der Waals surface area (Å²) in [5.74, 6) is -0.320. The van der Waals surface area contributed by atoms with Gasteiger partial charge in [0.15, 0.2) is 35.0 Å². The third kappa shape index (κ3) is 7.46. The number of allylic oxidation sites excluding steroid dienone is 2. The van der Waals surface area contributed by atoms with Crippen molar-refractivity contribution in [1.29, 1.82) is 0 Å². The summed E-state index contributed by atoms with van der Waals surface area (Å²) in [6.45, 7) is 8.87. The maximum absolute atomic E-state index is 14.1. The smallest absolute Gasteiger partial charge is 0.416 e. The third-order valence-electron chi connectivity index (χ3n) is 11.7. The molecule has 0 saturated carbocycles. The summed E-state index contributed by atoms with van der Waals surface area (Å²) in [7, 11) is 5.84. The van der Waals surface area contributed by atoms with Crippen LogP contribution in [-0.2, 0) is 23.1 Å². The van der Waals surface area contributed by atoms with Crippen LogP contribution in [0.1, 0.15) is 79.2 Å². The molecule has 2 fully saturated rings. The lowest BCUT2D eigenvalue weighted by atomic mass is 9.97. The van der Waals surface area contributed by atoms with Crippen molar-refractivity contribution >= 4 is 47.1 Å². The van der Waals surface area contributed by atoms with Crippen LogP contribution in [0.5, 0.6) is 23.0 Å². The highest BCUT2D eigenvalue weighted by molar-refractivity contribution is 6.24. The van der Waals surface area contributed by atoms with Gasteiger partial charge in [0.25, 0.3) is 11.8 Å². The molecule has 2 aromatic carbocycles. The lowest BCUT2D eigenvalue weighted by molar-refractivity contribution is 0.0485. The van der Waals surface area contributed by atoms with E-state index in [0.29, 0.717) is 67.2 Å². The van der Waals surface area contributed by atoms with E-state index in [1.165, 1.54) is 49.1 Å². The fourth-order valence-electron chi connectivity index (χ4n) is 8.62. The number of aliphatic hydroxyl groups excluding tert-OH is 1. The molecule has 5 aliphatic rings. The molecule has 0 bridgehead atoms. The number of anilines is 1. The van der Waals surface area contributed by atoms with E-state index in [-0.39, 0.29) is 76.9 Å². The Bertz CT molecular complexity index is 2490. The van der Waals surface area contributed by atoms with Gasteiger partial charge in [-0.15, -0.1) is 0 Å². The molecule has 3 aromatic rings. The van der Waals surface area contributed by atoms with Gasteiger partial charge in [-0.1, -0.05) is 24.3 Å². The van der Waals surface area contributed by atoms with Crippen LogP contribution >= 0.6 is 0 Å². The molecule has 0 spiro atoms. The van der Waals surface area contributed by atoms with Gasteiger partial charge in [-0.2, -0.15) is 0 Å². The number of aryl methyl sites for hydroxylation is 1. The number of carbonyl (C=O) groups is 5. The van der Waals surface area contributed by atoms with Crippen molar-refractivity contribution in [2.24, 2.45) is 12.0 Å². The van der Waals surface area contributed by atoms with Crippen LogP contribution in [0.25, 0.3) is 0 Å². The van der Waals surface area contributed by atoms with E-state index in [9.17, 15) is 29.1 Å². The number of benzene rings is 2. The van der Waals surface area contributed by atoms with Crippen LogP contribution < -0.4 is 23.8 Å². The standard InChI is InChI=1S/C45H47N5O12/c1-24-12-27-19-46-30-16-36(34(57-4)14-28(30)42(53)48(27)20-24)60-10-8-7-9-11-61-37-17-31-29(15-35(37)58-5)43(54)49-21-25(2)13-32(49)44(55)50(31)45(56)62-23-26-22-47(3)40-33(51)18-38(59-6)41(52)39(26)40/h14-19,22,27,32,44,55H,1-2,7-13,20-21,23H2,3-6H3/t27?,32-,44?/m0/s1. The minimum absolute atomic E-state index is 0.0363. The SMILES string of the molecule is C=C1CC2C=Nc3cc(OCCCCCOc4cc5c(cc4OC)C(=O)N4CC(=C)C[C@H]4C(O)N5C(=O)OCc4cn(C)c5c4C(=O)C(OC)=CC5=O)c(OC)cc3C(=O)N2C1. The fourth-order valence-corrected chi connectivity index (χ4v) is 8.62. The molecule has 3 amide bonds. The number of ether oxygens (including phenoxy) is 6. The number of unbranched alkanes of at least 4 members (excludes halogenated alkanes) is 2. The lowest BCUT2D eigenvalue weighted by Gasteiger charge is -2.31. The van der Waals surface area contributed by atoms with Crippen molar-refractivity contribution in [3.8, 4) is 23.0 Å². The molecule has 4 aliphatic heterocycles. The molecular weight excluding hydrogens is 803 g/mol. The highest BCUT2D eigenvalue weighted by Crippen LogP contribution is 2.43. The molecule has 5 heterocycles. The summed E-state index contributed by atoms with van der Waals surface area (Å²) < 4.78 is 35.8. The Morgan fingerprint density at radius 2 is 1.47 bits per heavy atom. The number of Topliss-reactive ketones (excluding diaryl/α,β-unsaturated/α-hetero) is 1. The molecule has 17 nitrogen and oxygen atoms in total. The summed E-state index contributed by atoms with van der Waals surface area (Å²) >= 11 is 0. The first-order valence-corrected chi connectivity index (χ1v) is 20.2. The van der Waals surface area contributed by atoms with Crippen LogP contribution in [0.3, 0.4) is 0 Å². The molecule has 2 unspecified atom stereocenters. The number of hydrogen-bond acceptors (Lipinski definition) is 13. The first-order valence-electron chi connectivity index (χ1n) is 20.2. The molecule has 1 aromatic heterocycles. The van der Waals surface area contributed by atoms with Crippen molar-refractivity contribution in [1.82, 2.24) is 14.4 Å². The second kappa shape index (κ2) is 16.9. The summed E-state index contributed by atoms with van der Waals surface area (Å²) in [6, 6.07) is 5.38. The summed E-state index contributed by atoms with van der Waals surface area (Å²) in [5.41, 5.74) is 3.19. The molecule has 62 heavy (non-hydrogen) atoms. The Hall–Kier alpha value is -6.88. The Balaban J connectivity index is 0.949. The second-order valence-corrected chi connectivity index (χ2v) is 15.7. The second-order valence-electron chi connectivity index (χ2n) is 15.7. The number of aromatic nitrogens is 1. The van der Waals surface area contributed by atoms with Crippen LogP contribution in [0.2, 0.25) is 0 Å². The molecule has 324 valence electrons. The number of rotatable bonds is 13. The molecule has 17 heteroatoms. The van der Waals surface area contributed by atoms with E-state index in [0.717, 1.165) is 16.5 Å². The van der Waals surface area contributed by atoms with Gasteiger partial charge in [0.1, 0.15) is 12.3 Å². The van der Waals surface area contributed by atoms with E-state index in [4.69, 9.17) is 28.4 Å². The van der Waals surface area contributed by atoms with Crippen LogP contribution in [0.4, 0.5) is 16.2 Å². The Labute approximate surface area is 357 Å².